The summed E-state index contributed by atoms with van der Waals surface area (Å²) in [7, 11) is 1.88. The van der Waals surface area contributed by atoms with Crippen LogP contribution < -0.4 is 11.1 Å². The Kier molecular flexibility index (Phi) is 3.70. The molecule has 6 nitrogen and oxygen atoms in total. The second kappa shape index (κ2) is 5.65. The Hall–Kier alpha value is -2.21. The molecular weight excluding hydrogens is 266 g/mol. The Morgan fingerprint density at radius 3 is 3.00 bits per heavy atom. The quantitative estimate of drug-likeness (QED) is 0.872. The molecule has 1 heterocycles. The molecule has 0 spiro atoms. The number of aryl methyl sites for hydroxylation is 1. The van der Waals surface area contributed by atoms with Gasteiger partial charge in [-0.3, -0.25) is 4.79 Å². The molecule has 6 heteroatoms. The molecule has 1 aromatic heterocycles. The van der Waals surface area contributed by atoms with E-state index < -0.39 is 0 Å². The molecule has 1 aromatic carbocycles. The molecule has 21 heavy (non-hydrogen) atoms. The predicted molar refractivity (Wildman–Crippen MR) is 80.4 cm³/mol. The molecular formula is C15H19N5O. The molecule has 1 amide bonds. The predicted octanol–water partition coefficient (Wildman–Crippen LogP) is 1.55. The lowest BCUT2D eigenvalue weighted by Gasteiger charge is -2.11. The zero-order valence-electron chi connectivity index (χ0n) is 12.0. The fraction of sp³-hybridized carbons (Fsp3) is 0.400. The average Bonchev–Trinajstić information content (AvgIpc) is 3.21. The minimum absolute atomic E-state index is 0.0214. The van der Waals surface area contributed by atoms with Crippen molar-refractivity contribution in [2.45, 2.75) is 25.3 Å². The van der Waals surface area contributed by atoms with Crippen molar-refractivity contribution >= 4 is 11.6 Å². The van der Waals surface area contributed by atoms with Crippen molar-refractivity contribution in [1.29, 1.82) is 0 Å². The van der Waals surface area contributed by atoms with E-state index in [1.54, 1.807) is 6.33 Å². The van der Waals surface area contributed by atoms with Gasteiger partial charge >= 0.3 is 0 Å². The van der Waals surface area contributed by atoms with Gasteiger partial charge in [0.1, 0.15) is 6.33 Å². The summed E-state index contributed by atoms with van der Waals surface area (Å²) in [5, 5.41) is 10.8. The molecule has 3 rings (SSSR count). The van der Waals surface area contributed by atoms with Crippen LogP contribution in [0.25, 0.3) is 11.4 Å². The van der Waals surface area contributed by atoms with Crippen molar-refractivity contribution in [2.24, 2.45) is 18.7 Å². The van der Waals surface area contributed by atoms with Crippen molar-refractivity contribution in [2.75, 3.05) is 5.32 Å². The topological polar surface area (TPSA) is 85.8 Å². The van der Waals surface area contributed by atoms with E-state index in [2.05, 4.69) is 15.5 Å². The van der Waals surface area contributed by atoms with Gasteiger partial charge in [-0.2, -0.15) is 0 Å². The van der Waals surface area contributed by atoms with E-state index in [0.717, 1.165) is 29.9 Å². The van der Waals surface area contributed by atoms with Gasteiger partial charge in [0.2, 0.25) is 5.91 Å². The maximum atomic E-state index is 12.0. The lowest BCUT2D eigenvalue weighted by atomic mass is 10.1. The number of anilines is 1. The second-order valence-corrected chi connectivity index (χ2v) is 5.60. The lowest BCUT2D eigenvalue weighted by Crippen LogP contribution is -2.28. The Bertz CT molecular complexity index is 647. The summed E-state index contributed by atoms with van der Waals surface area (Å²) in [6, 6.07) is 7.56. The van der Waals surface area contributed by atoms with E-state index in [1.807, 2.05) is 35.9 Å². The minimum Gasteiger partial charge on any atom is -0.327 e. The van der Waals surface area contributed by atoms with Crippen LogP contribution in [0.1, 0.15) is 19.3 Å². The monoisotopic (exact) mass is 285 g/mol. The summed E-state index contributed by atoms with van der Waals surface area (Å²) in [5.74, 6) is 1.26. The SMILES string of the molecule is Cn1cnnc1-c1cccc(NC(=O)CC(N)C2CC2)c1. The second-order valence-electron chi connectivity index (χ2n) is 5.60. The lowest BCUT2D eigenvalue weighted by molar-refractivity contribution is -0.116. The largest absolute Gasteiger partial charge is 0.327 e. The highest BCUT2D eigenvalue weighted by Crippen LogP contribution is 2.32. The maximum Gasteiger partial charge on any atom is 0.225 e. The third kappa shape index (κ3) is 3.28. The van der Waals surface area contributed by atoms with Gasteiger partial charge in [-0.15, -0.1) is 10.2 Å². The number of nitrogens with zero attached hydrogens (tertiary/aromatic N) is 3. The zero-order valence-corrected chi connectivity index (χ0v) is 12.0. The summed E-state index contributed by atoms with van der Waals surface area (Å²) in [4.78, 5) is 12.0. The highest BCUT2D eigenvalue weighted by molar-refractivity contribution is 5.91. The van der Waals surface area contributed by atoms with Crippen LogP contribution in [0.4, 0.5) is 5.69 Å². The van der Waals surface area contributed by atoms with Gasteiger partial charge < -0.3 is 15.6 Å². The van der Waals surface area contributed by atoms with Crippen molar-refractivity contribution in [3.63, 3.8) is 0 Å². The van der Waals surface area contributed by atoms with Crippen LogP contribution in [-0.2, 0) is 11.8 Å². The van der Waals surface area contributed by atoms with Crippen LogP contribution in [0.2, 0.25) is 0 Å². The van der Waals surface area contributed by atoms with Crippen LogP contribution >= 0.6 is 0 Å². The number of hydrogen-bond donors (Lipinski definition) is 2. The van der Waals surface area contributed by atoms with Crippen LogP contribution in [-0.4, -0.2) is 26.7 Å². The van der Waals surface area contributed by atoms with Gasteiger partial charge in [0.15, 0.2) is 5.82 Å². The minimum atomic E-state index is -0.0375. The summed E-state index contributed by atoms with van der Waals surface area (Å²) in [6.07, 6.45) is 4.32. The molecule has 1 aliphatic rings. The molecule has 1 fully saturated rings. The smallest absolute Gasteiger partial charge is 0.225 e. The highest BCUT2D eigenvalue weighted by atomic mass is 16.1. The number of hydrogen-bond acceptors (Lipinski definition) is 4. The van der Waals surface area contributed by atoms with Gasteiger partial charge in [-0.1, -0.05) is 12.1 Å². The van der Waals surface area contributed by atoms with Crippen molar-refractivity contribution < 1.29 is 4.79 Å². The first-order valence-electron chi connectivity index (χ1n) is 7.13. The molecule has 1 aliphatic carbocycles. The van der Waals surface area contributed by atoms with E-state index in [1.165, 1.54) is 0 Å². The van der Waals surface area contributed by atoms with Crippen LogP contribution in [0.5, 0.6) is 0 Å². The number of carbonyl (C=O) groups excluding carboxylic acids is 1. The van der Waals surface area contributed by atoms with E-state index in [0.29, 0.717) is 12.3 Å². The fourth-order valence-electron chi connectivity index (χ4n) is 2.40. The Morgan fingerprint density at radius 1 is 1.52 bits per heavy atom. The van der Waals surface area contributed by atoms with Crippen LogP contribution in [0.3, 0.4) is 0 Å². The van der Waals surface area contributed by atoms with Crippen molar-refractivity contribution in [1.82, 2.24) is 14.8 Å². The molecule has 0 radical (unpaired) electrons. The van der Waals surface area contributed by atoms with Crippen molar-refractivity contribution in [3.05, 3.63) is 30.6 Å². The van der Waals surface area contributed by atoms with E-state index in [9.17, 15) is 4.79 Å². The summed E-state index contributed by atoms with van der Waals surface area (Å²) < 4.78 is 1.84. The number of carbonyl (C=O) groups is 1. The summed E-state index contributed by atoms with van der Waals surface area (Å²) in [6.45, 7) is 0. The first kappa shape index (κ1) is 13.8. The number of nitrogens with two attached hydrogens (primary N) is 1. The van der Waals surface area contributed by atoms with E-state index in [-0.39, 0.29) is 11.9 Å². The summed E-state index contributed by atoms with van der Waals surface area (Å²) >= 11 is 0. The van der Waals surface area contributed by atoms with E-state index in [4.69, 9.17) is 5.73 Å². The fourth-order valence-corrected chi connectivity index (χ4v) is 2.40. The van der Waals surface area contributed by atoms with Gasteiger partial charge in [0.05, 0.1) is 0 Å². The molecule has 1 atom stereocenters. The zero-order chi connectivity index (χ0) is 14.8. The van der Waals surface area contributed by atoms with Gasteiger partial charge in [0, 0.05) is 30.8 Å². The van der Waals surface area contributed by atoms with Gasteiger partial charge in [-0.25, -0.2) is 0 Å². The standard InChI is InChI=1S/C15H19N5O/c1-20-9-17-19-15(20)11-3-2-4-12(7-11)18-14(21)8-13(16)10-5-6-10/h2-4,7,9-10,13H,5-6,8,16H2,1H3,(H,18,21). The Balaban J connectivity index is 1.68. The van der Waals surface area contributed by atoms with Crippen molar-refractivity contribution in [3.8, 4) is 11.4 Å². The number of rotatable bonds is 5. The molecule has 3 N–H and O–H groups in total. The molecule has 1 saturated carbocycles. The number of aromatic nitrogens is 3. The summed E-state index contributed by atoms with van der Waals surface area (Å²) in [5.41, 5.74) is 7.65. The van der Waals surface area contributed by atoms with Gasteiger partial charge in [0.25, 0.3) is 0 Å². The molecule has 0 bridgehead atoms. The average molecular weight is 285 g/mol. The molecule has 0 saturated heterocycles. The first-order valence-corrected chi connectivity index (χ1v) is 7.13. The molecule has 1 unspecified atom stereocenters. The van der Waals surface area contributed by atoms with Crippen LogP contribution in [0.15, 0.2) is 30.6 Å². The van der Waals surface area contributed by atoms with Gasteiger partial charge in [-0.05, 0) is 30.9 Å². The molecule has 110 valence electrons. The van der Waals surface area contributed by atoms with E-state index >= 15 is 0 Å². The first-order chi connectivity index (χ1) is 10.1. The number of nitrogens with one attached hydrogen (secondary N) is 1. The third-order valence-electron chi connectivity index (χ3n) is 3.76. The number of amides is 1. The Labute approximate surface area is 123 Å². The normalized spacial score (nSPS) is 15.7. The highest BCUT2D eigenvalue weighted by Gasteiger charge is 2.29. The number of benzene rings is 1. The Morgan fingerprint density at radius 2 is 2.33 bits per heavy atom. The third-order valence-corrected chi connectivity index (χ3v) is 3.76. The maximum absolute atomic E-state index is 12.0. The van der Waals surface area contributed by atoms with Crippen LogP contribution in [0, 0.1) is 5.92 Å². The molecule has 0 aliphatic heterocycles. The molecule has 2 aromatic rings.